The first-order valence-electron chi connectivity index (χ1n) is 8.02. The Morgan fingerprint density at radius 2 is 2.22 bits per heavy atom. The minimum Gasteiger partial charge on any atom is -0.350 e. The Balaban J connectivity index is 1.68. The molecule has 2 aliphatic heterocycles. The zero-order chi connectivity index (χ0) is 16.4. The summed E-state index contributed by atoms with van der Waals surface area (Å²) in [5.41, 5.74) is 0.359. The summed E-state index contributed by atoms with van der Waals surface area (Å²) in [6.45, 7) is 3.66. The van der Waals surface area contributed by atoms with E-state index in [1.165, 1.54) is 0 Å². The van der Waals surface area contributed by atoms with Crippen molar-refractivity contribution in [1.82, 2.24) is 14.9 Å². The Hall–Kier alpha value is -1.70. The number of rotatable bonds is 3. The van der Waals surface area contributed by atoms with Crippen molar-refractivity contribution in [2.45, 2.75) is 32.2 Å². The molecule has 2 saturated heterocycles. The predicted octanol–water partition coefficient (Wildman–Crippen LogP) is 0.948. The zero-order valence-corrected chi connectivity index (χ0v) is 14.1. The summed E-state index contributed by atoms with van der Waals surface area (Å²) in [5.74, 6) is 1.03. The molecule has 7 nitrogen and oxygen atoms in total. The molecule has 2 aliphatic rings. The molecule has 0 aromatic carbocycles. The third kappa shape index (κ3) is 3.99. The molecule has 1 aromatic rings. The summed E-state index contributed by atoms with van der Waals surface area (Å²) >= 11 is 0. The number of carbonyl (C=O) groups excluding carboxylic acids is 1. The van der Waals surface area contributed by atoms with Crippen LogP contribution in [0.4, 0.5) is 5.95 Å². The maximum absolute atomic E-state index is 12.5. The van der Waals surface area contributed by atoms with Crippen LogP contribution in [0.25, 0.3) is 0 Å². The molecule has 0 saturated carbocycles. The van der Waals surface area contributed by atoms with Crippen LogP contribution in [0.3, 0.4) is 0 Å². The molecule has 1 amide bonds. The second kappa shape index (κ2) is 6.43. The van der Waals surface area contributed by atoms with Gasteiger partial charge in [-0.15, -0.1) is 0 Å². The van der Waals surface area contributed by atoms with Crippen LogP contribution in [0.15, 0.2) is 12.3 Å². The number of nitrogens with zero attached hydrogens (tertiary/aromatic N) is 3. The number of nitrogens with one attached hydrogen (secondary N) is 1. The number of aromatic nitrogens is 2. The average Bonchev–Trinajstić information content (AvgIpc) is 2.85. The van der Waals surface area contributed by atoms with E-state index in [4.69, 9.17) is 0 Å². The Morgan fingerprint density at radius 3 is 2.91 bits per heavy atom. The van der Waals surface area contributed by atoms with E-state index in [1.54, 1.807) is 12.3 Å². The van der Waals surface area contributed by atoms with Crippen LogP contribution in [-0.2, 0) is 9.84 Å². The van der Waals surface area contributed by atoms with Crippen molar-refractivity contribution in [2.24, 2.45) is 5.92 Å². The molecule has 2 fully saturated rings. The fourth-order valence-electron chi connectivity index (χ4n) is 3.17. The first kappa shape index (κ1) is 16.2. The van der Waals surface area contributed by atoms with Crippen LogP contribution in [0.2, 0.25) is 0 Å². The molecule has 1 aromatic heterocycles. The van der Waals surface area contributed by atoms with E-state index in [1.807, 2.05) is 4.90 Å². The number of piperidine rings is 1. The SMILES string of the molecule is CC1CCCN(C(=O)c2ccnc(NC3CCS(=O)(=O)C3)n2)C1. The number of carbonyl (C=O) groups is 1. The lowest BCUT2D eigenvalue weighted by molar-refractivity contribution is 0.0677. The van der Waals surface area contributed by atoms with E-state index in [-0.39, 0.29) is 23.5 Å². The average molecular weight is 338 g/mol. The van der Waals surface area contributed by atoms with E-state index in [0.29, 0.717) is 24.0 Å². The Labute approximate surface area is 136 Å². The largest absolute Gasteiger partial charge is 0.350 e. The molecule has 3 heterocycles. The highest BCUT2D eigenvalue weighted by Crippen LogP contribution is 2.18. The van der Waals surface area contributed by atoms with Gasteiger partial charge in [-0.2, -0.15) is 0 Å². The smallest absolute Gasteiger partial charge is 0.272 e. The Morgan fingerprint density at radius 1 is 1.39 bits per heavy atom. The Bertz CT molecular complexity index is 692. The van der Waals surface area contributed by atoms with Gasteiger partial charge in [0.15, 0.2) is 9.84 Å². The molecule has 0 bridgehead atoms. The highest BCUT2D eigenvalue weighted by atomic mass is 32.2. The minimum absolute atomic E-state index is 0.0824. The lowest BCUT2D eigenvalue weighted by Crippen LogP contribution is -2.39. The minimum atomic E-state index is -2.96. The number of sulfone groups is 1. The van der Waals surface area contributed by atoms with Gasteiger partial charge in [-0.3, -0.25) is 4.79 Å². The van der Waals surface area contributed by atoms with Gasteiger partial charge in [0, 0.05) is 25.3 Å². The van der Waals surface area contributed by atoms with Gasteiger partial charge in [0.05, 0.1) is 11.5 Å². The predicted molar refractivity (Wildman–Crippen MR) is 87.0 cm³/mol. The van der Waals surface area contributed by atoms with Crippen molar-refractivity contribution in [2.75, 3.05) is 29.9 Å². The molecule has 0 spiro atoms. The number of hydrogen-bond donors (Lipinski definition) is 1. The van der Waals surface area contributed by atoms with Gasteiger partial charge >= 0.3 is 0 Å². The number of likely N-dealkylation sites (tertiary alicyclic amines) is 1. The zero-order valence-electron chi connectivity index (χ0n) is 13.2. The van der Waals surface area contributed by atoms with Crippen molar-refractivity contribution in [1.29, 1.82) is 0 Å². The summed E-state index contributed by atoms with van der Waals surface area (Å²) in [6.07, 6.45) is 4.26. The van der Waals surface area contributed by atoms with Gasteiger partial charge in [-0.25, -0.2) is 18.4 Å². The van der Waals surface area contributed by atoms with Gasteiger partial charge < -0.3 is 10.2 Å². The summed E-state index contributed by atoms with van der Waals surface area (Å²) in [7, 11) is -2.96. The van der Waals surface area contributed by atoms with Gasteiger partial charge in [-0.05, 0) is 31.2 Å². The summed E-state index contributed by atoms with van der Waals surface area (Å²) in [6, 6.07) is 1.43. The summed E-state index contributed by atoms with van der Waals surface area (Å²) in [4.78, 5) is 22.8. The molecule has 2 unspecified atom stereocenters. The fourth-order valence-corrected chi connectivity index (χ4v) is 4.85. The van der Waals surface area contributed by atoms with Crippen LogP contribution in [0.1, 0.15) is 36.7 Å². The van der Waals surface area contributed by atoms with Crippen molar-refractivity contribution >= 4 is 21.7 Å². The van der Waals surface area contributed by atoms with Gasteiger partial charge in [0.1, 0.15) is 5.69 Å². The molecule has 0 radical (unpaired) electrons. The van der Waals surface area contributed by atoms with Gasteiger partial charge in [-0.1, -0.05) is 6.92 Å². The standard InChI is InChI=1S/C15H22N4O3S/c1-11-3-2-7-19(9-11)14(20)13-4-6-16-15(18-13)17-12-5-8-23(21,22)10-12/h4,6,11-12H,2-3,5,7-10H2,1H3,(H,16,17,18). The molecule has 23 heavy (non-hydrogen) atoms. The first-order valence-corrected chi connectivity index (χ1v) is 9.84. The first-order chi connectivity index (χ1) is 10.9. The van der Waals surface area contributed by atoms with Crippen LogP contribution >= 0.6 is 0 Å². The van der Waals surface area contributed by atoms with Crippen molar-refractivity contribution in [3.63, 3.8) is 0 Å². The van der Waals surface area contributed by atoms with Crippen LogP contribution < -0.4 is 5.32 Å². The summed E-state index contributed by atoms with van der Waals surface area (Å²) < 4.78 is 23.0. The normalized spacial score (nSPS) is 26.9. The third-order valence-electron chi connectivity index (χ3n) is 4.38. The van der Waals surface area contributed by atoms with E-state index >= 15 is 0 Å². The highest BCUT2D eigenvalue weighted by molar-refractivity contribution is 7.91. The molecule has 8 heteroatoms. The summed E-state index contributed by atoms with van der Waals surface area (Å²) in [5, 5.41) is 3.03. The quantitative estimate of drug-likeness (QED) is 0.882. The van der Waals surface area contributed by atoms with E-state index in [9.17, 15) is 13.2 Å². The van der Waals surface area contributed by atoms with Gasteiger partial charge in [0.25, 0.3) is 5.91 Å². The fraction of sp³-hybridized carbons (Fsp3) is 0.667. The Kier molecular flexibility index (Phi) is 4.52. The second-order valence-electron chi connectivity index (χ2n) is 6.51. The van der Waals surface area contributed by atoms with E-state index < -0.39 is 9.84 Å². The molecule has 1 N–H and O–H groups in total. The van der Waals surface area contributed by atoms with Crippen LogP contribution in [0.5, 0.6) is 0 Å². The van der Waals surface area contributed by atoms with Crippen LogP contribution in [0, 0.1) is 5.92 Å². The maximum atomic E-state index is 12.5. The van der Waals surface area contributed by atoms with E-state index in [0.717, 1.165) is 25.9 Å². The number of amides is 1. The molecular formula is C15H22N4O3S. The van der Waals surface area contributed by atoms with Gasteiger partial charge in [0.2, 0.25) is 5.95 Å². The van der Waals surface area contributed by atoms with Crippen LogP contribution in [-0.4, -0.2) is 59.8 Å². The molecule has 0 aliphatic carbocycles. The topological polar surface area (TPSA) is 92.3 Å². The second-order valence-corrected chi connectivity index (χ2v) is 8.74. The number of hydrogen-bond acceptors (Lipinski definition) is 6. The highest BCUT2D eigenvalue weighted by Gasteiger charge is 2.28. The lowest BCUT2D eigenvalue weighted by Gasteiger charge is -2.30. The van der Waals surface area contributed by atoms with Crippen molar-refractivity contribution in [3.8, 4) is 0 Å². The molecule has 2 atom stereocenters. The lowest BCUT2D eigenvalue weighted by atomic mass is 10.00. The third-order valence-corrected chi connectivity index (χ3v) is 6.15. The maximum Gasteiger partial charge on any atom is 0.272 e. The van der Waals surface area contributed by atoms with Crippen molar-refractivity contribution in [3.05, 3.63) is 18.0 Å². The molecule has 126 valence electrons. The molecular weight excluding hydrogens is 316 g/mol. The molecule has 3 rings (SSSR count). The van der Waals surface area contributed by atoms with E-state index in [2.05, 4.69) is 22.2 Å². The van der Waals surface area contributed by atoms with Crippen molar-refractivity contribution < 1.29 is 13.2 Å². The number of anilines is 1. The monoisotopic (exact) mass is 338 g/mol.